The van der Waals surface area contributed by atoms with Gasteiger partial charge in [-0.1, -0.05) is 36.4 Å². The number of carbonyl (C=O) groups is 2. The molecule has 1 saturated carbocycles. The molecule has 8 nitrogen and oxygen atoms in total. The van der Waals surface area contributed by atoms with Gasteiger partial charge >= 0.3 is 6.09 Å². The standard InChI is InChI=1S/C21H21N5O3/c27-19(22-16-7-4-8-17-18(16)24-25-23-17)15-11-21(15)9-10-26(13-21)20(28)29-12-14-5-2-1-3-6-14/h1-8,15H,9-13H2,(H,22,27)(H,23,24,25). The molecule has 2 amide bonds. The highest BCUT2D eigenvalue weighted by Crippen LogP contribution is 2.58. The summed E-state index contributed by atoms with van der Waals surface area (Å²) in [7, 11) is 0. The van der Waals surface area contributed by atoms with Crippen molar-refractivity contribution < 1.29 is 14.3 Å². The van der Waals surface area contributed by atoms with Crippen LogP contribution in [0.4, 0.5) is 10.5 Å². The van der Waals surface area contributed by atoms with Crippen molar-refractivity contribution in [3.05, 3.63) is 54.1 Å². The molecule has 0 radical (unpaired) electrons. The molecule has 2 aromatic carbocycles. The number of anilines is 1. The number of H-pyrrole nitrogens is 1. The molecule has 1 aliphatic heterocycles. The Morgan fingerprint density at radius 3 is 2.90 bits per heavy atom. The number of aromatic amines is 1. The van der Waals surface area contributed by atoms with Crippen molar-refractivity contribution in [2.75, 3.05) is 18.4 Å². The van der Waals surface area contributed by atoms with Gasteiger partial charge in [0, 0.05) is 24.4 Å². The second-order valence-corrected chi connectivity index (χ2v) is 7.82. The highest BCUT2D eigenvalue weighted by atomic mass is 16.6. The van der Waals surface area contributed by atoms with Crippen molar-refractivity contribution in [1.29, 1.82) is 0 Å². The lowest BCUT2D eigenvalue weighted by molar-refractivity contribution is -0.118. The number of hydrogen-bond donors (Lipinski definition) is 2. The van der Waals surface area contributed by atoms with Gasteiger partial charge in [0.2, 0.25) is 5.91 Å². The van der Waals surface area contributed by atoms with E-state index in [0.717, 1.165) is 18.4 Å². The fourth-order valence-electron chi connectivity index (χ4n) is 4.22. The van der Waals surface area contributed by atoms with Gasteiger partial charge in [-0.3, -0.25) is 4.79 Å². The van der Waals surface area contributed by atoms with Crippen LogP contribution in [0.25, 0.3) is 11.0 Å². The van der Waals surface area contributed by atoms with Crippen LogP contribution in [0.5, 0.6) is 0 Å². The molecule has 148 valence electrons. The van der Waals surface area contributed by atoms with Gasteiger partial charge in [0.25, 0.3) is 0 Å². The zero-order valence-corrected chi connectivity index (χ0v) is 15.8. The molecule has 2 atom stereocenters. The number of nitrogens with zero attached hydrogens (tertiary/aromatic N) is 3. The van der Waals surface area contributed by atoms with E-state index in [4.69, 9.17) is 4.74 Å². The van der Waals surface area contributed by atoms with Gasteiger partial charge in [-0.05, 0) is 30.5 Å². The molecular formula is C21H21N5O3. The molecule has 1 aromatic heterocycles. The molecule has 2 fully saturated rings. The zero-order valence-electron chi connectivity index (χ0n) is 15.8. The van der Waals surface area contributed by atoms with Crippen LogP contribution in [0.3, 0.4) is 0 Å². The Kier molecular flexibility index (Phi) is 4.19. The summed E-state index contributed by atoms with van der Waals surface area (Å²) >= 11 is 0. The summed E-state index contributed by atoms with van der Waals surface area (Å²) in [6.07, 6.45) is 1.29. The van der Waals surface area contributed by atoms with Gasteiger partial charge in [0.1, 0.15) is 17.6 Å². The van der Waals surface area contributed by atoms with Gasteiger partial charge < -0.3 is 15.0 Å². The number of hydrogen-bond acceptors (Lipinski definition) is 5. The third-order valence-electron chi connectivity index (χ3n) is 5.96. The zero-order chi connectivity index (χ0) is 19.8. The van der Waals surface area contributed by atoms with E-state index in [0.29, 0.717) is 29.8 Å². The van der Waals surface area contributed by atoms with E-state index in [-0.39, 0.29) is 29.9 Å². The molecule has 2 aliphatic rings. The quantitative estimate of drug-likeness (QED) is 0.712. The fourth-order valence-corrected chi connectivity index (χ4v) is 4.22. The minimum Gasteiger partial charge on any atom is -0.445 e. The first kappa shape index (κ1) is 17.7. The predicted molar refractivity (Wildman–Crippen MR) is 106 cm³/mol. The van der Waals surface area contributed by atoms with E-state index >= 15 is 0 Å². The van der Waals surface area contributed by atoms with Crippen molar-refractivity contribution in [2.24, 2.45) is 11.3 Å². The number of fused-ring (bicyclic) bond motifs is 1. The largest absolute Gasteiger partial charge is 0.445 e. The van der Waals surface area contributed by atoms with E-state index in [9.17, 15) is 9.59 Å². The molecule has 2 heterocycles. The summed E-state index contributed by atoms with van der Waals surface area (Å²) in [5, 5.41) is 13.7. The molecule has 2 N–H and O–H groups in total. The van der Waals surface area contributed by atoms with Crippen LogP contribution < -0.4 is 5.32 Å². The van der Waals surface area contributed by atoms with Crippen molar-refractivity contribution in [2.45, 2.75) is 19.4 Å². The maximum Gasteiger partial charge on any atom is 0.410 e. The number of benzene rings is 2. The van der Waals surface area contributed by atoms with Crippen molar-refractivity contribution in [3.8, 4) is 0 Å². The van der Waals surface area contributed by atoms with Crippen LogP contribution in [-0.4, -0.2) is 45.4 Å². The molecule has 5 rings (SSSR count). The lowest BCUT2D eigenvalue weighted by Crippen LogP contribution is -2.30. The van der Waals surface area contributed by atoms with Gasteiger partial charge in [0.15, 0.2) is 0 Å². The normalized spacial score (nSPS) is 22.8. The van der Waals surface area contributed by atoms with E-state index < -0.39 is 0 Å². The first-order valence-electron chi connectivity index (χ1n) is 9.71. The van der Waals surface area contributed by atoms with Crippen LogP contribution in [-0.2, 0) is 16.1 Å². The Morgan fingerprint density at radius 2 is 2.03 bits per heavy atom. The molecule has 1 spiro atoms. The highest BCUT2D eigenvalue weighted by molar-refractivity contribution is 6.01. The Balaban J connectivity index is 1.18. The minimum atomic E-state index is -0.316. The third kappa shape index (κ3) is 3.30. The SMILES string of the molecule is O=C(Nc1cccc2n[nH]nc12)C1CC12CCN(C(=O)OCc1ccccc1)C2. The number of carbonyl (C=O) groups excluding carboxylic acids is 2. The maximum atomic E-state index is 12.8. The molecule has 0 bridgehead atoms. The summed E-state index contributed by atoms with van der Waals surface area (Å²) in [4.78, 5) is 26.9. The fraction of sp³-hybridized carbons (Fsp3) is 0.333. The number of para-hydroxylation sites is 1. The van der Waals surface area contributed by atoms with E-state index in [1.807, 2.05) is 48.5 Å². The monoisotopic (exact) mass is 391 g/mol. The molecule has 29 heavy (non-hydrogen) atoms. The number of ether oxygens (including phenoxy) is 1. The second kappa shape index (κ2) is 6.88. The highest BCUT2D eigenvalue weighted by Gasteiger charge is 2.61. The Labute approximate surface area is 167 Å². The number of aromatic nitrogens is 3. The Hall–Kier alpha value is -3.42. The topological polar surface area (TPSA) is 100 Å². The average molecular weight is 391 g/mol. The van der Waals surface area contributed by atoms with Gasteiger partial charge in [-0.2, -0.15) is 15.4 Å². The van der Waals surface area contributed by atoms with Crippen LogP contribution >= 0.6 is 0 Å². The van der Waals surface area contributed by atoms with Crippen LogP contribution in [0, 0.1) is 11.3 Å². The number of rotatable bonds is 4. The van der Waals surface area contributed by atoms with E-state index in [1.165, 1.54) is 0 Å². The summed E-state index contributed by atoms with van der Waals surface area (Å²) in [5.74, 6) is -0.128. The summed E-state index contributed by atoms with van der Waals surface area (Å²) in [6.45, 7) is 1.44. The summed E-state index contributed by atoms with van der Waals surface area (Å²) < 4.78 is 5.43. The lowest BCUT2D eigenvalue weighted by Gasteiger charge is -2.16. The van der Waals surface area contributed by atoms with Crippen molar-refractivity contribution >= 4 is 28.7 Å². The lowest BCUT2D eigenvalue weighted by atomic mass is 10.0. The molecule has 1 aliphatic carbocycles. The molecule has 3 aromatic rings. The Morgan fingerprint density at radius 1 is 1.17 bits per heavy atom. The van der Waals surface area contributed by atoms with Gasteiger partial charge in [-0.25, -0.2) is 4.79 Å². The first-order chi connectivity index (χ1) is 14.1. The van der Waals surface area contributed by atoms with Gasteiger partial charge in [0.05, 0.1) is 5.69 Å². The molecule has 2 unspecified atom stereocenters. The van der Waals surface area contributed by atoms with Gasteiger partial charge in [-0.15, -0.1) is 0 Å². The van der Waals surface area contributed by atoms with Crippen LogP contribution in [0.2, 0.25) is 0 Å². The third-order valence-corrected chi connectivity index (χ3v) is 5.96. The molecular weight excluding hydrogens is 370 g/mol. The summed E-state index contributed by atoms with van der Waals surface area (Å²) in [6, 6.07) is 15.1. The smallest absolute Gasteiger partial charge is 0.410 e. The number of amides is 2. The Bertz CT molecular complexity index is 1070. The predicted octanol–water partition coefficient (Wildman–Crippen LogP) is 2.95. The molecule has 8 heteroatoms. The van der Waals surface area contributed by atoms with E-state index in [2.05, 4.69) is 20.7 Å². The number of nitrogens with one attached hydrogen (secondary N) is 2. The van der Waals surface area contributed by atoms with Crippen molar-refractivity contribution in [1.82, 2.24) is 20.3 Å². The first-order valence-corrected chi connectivity index (χ1v) is 9.71. The second-order valence-electron chi connectivity index (χ2n) is 7.82. The van der Waals surface area contributed by atoms with Crippen LogP contribution in [0.1, 0.15) is 18.4 Å². The number of likely N-dealkylation sites (tertiary alicyclic amines) is 1. The summed E-state index contributed by atoms with van der Waals surface area (Å²) in [5.41, 5.74) is 2.84. The maximum absolute atomic E-state index is 12.8. The minimum absolute atomic E-state index is 0.0278. The van der Waals surface area contributed by atoms with Crippen molar-refractivity contribution in [3.63, 3.8) is 0 Å². The van der Waals surface area contributed by atoms with E-state index in [1.54, 1.807) is 4.90 Å². The average Bonchev–Trinajstić information content (AvgIpc) is 3.06. The van der Waals surface area contributed by atoms with Crippen LogP contribution in [0.15, 0.2) is 48.5 Å². The molecule has 1 saturated heterocycles.